The van der Waals surface area contributed by atoms with Crippen LogP contribution >= 0.6 is 34.4 Å². The highest BCUT2D eigenvalue weighted by Crippen LogP contribution is 2.31. The van der Waals surface area contributed by atoms with E-state index in [-0.39, 0.29) is 18.0 Å². The van der Waals surface area contributed by atoms with E-state index in [0.29, 0.717) is 10.7 Å². The molecule has 0 aliphatic carbocycles. The molecule has 1 saturated heterocycles. The number of aryl methyl sites for hydroxylation is 1. The summed E-state index contributed by atoms with van der Waals surface area (Å²) in [5, 5.41) is 14.9. The van der Waals surface area contributed by atoms with Crippen molar-refractivity contribution in [1.82, 2.24) is 5.32 Å². The average Bonchev–Trinajstić information content (AvgIpc) is 3.00. The van der Waals surface area contributed by atoms with Crippen LogP contribution in [0.1, 0.15) is 18.1 Å². The average molecular weight is 510 g/mol. The third-order valence-electron chi connectivity index (χ3n) is 4.00. The lowest BCUT2D eigenvalue weighted by molar-refractivity contribution is -0.139. The van der Waals surface area contributed by atoms with Crippen molar-refractivity contribution in [2.75, 3.05) is 11.9 Å². The fourth-order valence-electron chi connectivity index (χ4n) is 2.57. The van der Waals surface area contributed by atoms with E-state index in [0.717, 1.165) is 21.2 Å². The first-order valence-electron chi connectivity index (χ1n) is 8.63. The van der Waals surface area contributed by atoms with Gasteiger partial charge in [0.25, 0.3) is 5.91 Å². The second-order valence-corrected chi connectivity index (χ2v) is 8.36. The molecule has 1 amide bonds. The van der Waals surface area contributed by atoms with Gasteiger partial charge in [0.1, 0.15) is 5.75 Å². The van der Waals surface area contributed by atoms with Crippen molar-refractivity contribution in [3.05, 3.63) is 62.1 Å². The topological polar surface area (TPSA) is 87.7 Å². The monoisotopic (exact) mass is 510 g/mol. The number of thioether (sulfide) groups is 1. The second kappa shape index (κ2) is 9.33. The first-order valence-corrected chi connectivity index (χ1v) is 10.6. The molecule has 2 aromatic carbocycles. The SMILES string of the molecule is CCc1ccc(N[C@H]2NC(=O)/C(=C/c3ccc(OCC(=O)O)c(I)c3)S2)cc1. The molecular weight excluding hydrogens is 491 g/mol. The molecule has 3 N–H and O–H groups in total. The van der Waals surface area contributed by atoms with E-state index in [1.54, 1.807) is 12.1 Å². The van der Waals surface area contributed by atoms with Crippen LogP contribution in [0.5, 0.6) is 5.75 Å². The van der Waals surface area contributed by atoms with Gasteiger partial charge in [-0.1, -0.05) is 36.9 Å². The number of amides is 1. The lowest BCUT2D eigenvalue weighted by Gasteiger charge is -2.12. The molecule has 0 radical (unpaired) electrons. The highest BCUT2D eigenvalue weighted by molar-refractivity contribution is 14.1. The number of carbonyl (C=O) groups is 2. The molecule has 3 rings (SSSR count). The van der Waals surface area contributed by atoms with Crippen LogP contribution < -0.4 is 15.4 Å². The highest BCUT2D eigenvalue weighted by atomic mass is 127. The van der Waals surface area contributed by atoms with Crippen LogP contribution in [0.25, 0.3) is 6.08 Å². The van der Waals surface area contributed by atoms with E-state index < -0.39 is 5.97 Å². The number of benzene rings is 2. The second-order valence-electron chi connectivity index (χ2n) is 6.05. The lowest BCUT2D eigenvalue weighted by atomic mass is 10.1. The standard InChI is InChI=1S/C20H19IN2O4S/c1-2-12-3-6-14(7-4-12)22-20-23-19(26)17(28-20)10-13-5-8-16(15(21)9-13)27-11-18(24)25/h3-10,20,22H,2,11H2,1H3,(H,23,26)(H,24,25)/b17-10-/t20-/m0/s1. The number of ether oxygens (including phenoxy) is 1. The van der Waals surface area contributed by atoms with Gasteiger partial charge in [-0.25, -0.2) is 4.79 Å². The van der Waals surface area contributed by atoms with Crippen LogP contribution in [-0.4, -0.2) is 29.1 Å². The van der Waals surface area contributed by atoms with Gasteiger partial charge >= 0.3 is 5.97 Å². The van der Waals surface area contributed by atoms with E-state index in [1.165, 1.54) is 17.3 Å². The molecule has 1 heterocycles. The molecule has 146 valence electrons. The Kier molecular flexibility index (Phi) is 6.84. The zero-order valence-electron chi connectivity index (χ0n) is 15.1. The van der Waals surface area contributed by atoms with Crippen molar-refractivity contribution in [2.45, 2.75) is 18.8 Å². The Bertz CT molecular complexity index is 915. The van der Waals surface area contributed by atoms with Gasteiger partial charge in [-0.2, -0.15) is 0 Å². The summed E-state index contributed by atoms with van der Waals surface area (Å²) in [6.45, 7) is 1.72. The number of rotatable bonds is 7. The molecule has 1 aliphatic heterocycles. The van der Waals surface area contributed by atoms with Crippen molar-refractivity contribution in [3.63, 3.8) is 0 Å². The molecule has 0 bridgehead atoms. The molecule has 0 spiro atoms. The fraction of sp³-hybridized carbons (Fsp3) is 0.200. The summed E-state index contributed by atoms with van der Waals surface area (Å²) in [4.78, 5) is 23.5. The van der Waals surface area contributed by atoms with Gasteiger partial charge in [0, 0.05) is 5.69 Å². The quantitative estimate of drug-likeness (QED) is 0.387. The number of hydrogen-bond donors (Lipinski definition) is 3. The van der Waals surface area contributed by atoms with Crippen LogP contribution in [0.15, 0.2) is 47.4 Å². The van der Waals surface area contributed by atoms with E-state index in [1.807, 2.05) is 24.3 Å². The number of halogens is 1. The fourth-order valence-corrected chi connectivity index (χ4v) is 4.25. The number of carboxylic acid groups (broad SMARTS) is 1. The predicted octanol–water partition coefficient (Wildman–Crippen LogP) is 3.92. The summed E-state index contributed by atoms with van der Waals surface area (Å²) in [6, 6.07) is 13.5. The lowest BCUT2D eigenvalue weighted by Crippen LogP contribution is -2.30. The van der Waals surface area contributed by atoms with Gasteiger partial charge in [-0.3, -0.25) is 4.79 Å². The molecule has 1 atom stereocenters. The summed E-state index contributed by atoms with van der Waals surface area (Å²) in [7, 11) is 0. The minimum atomic E-state index is -1.02. The Morgan fingerprint density at radius 2 is 2.07 bits per heavy atom. The number of nitrogens with one attached hydrogen (secondary N) is 2. The van der Waals surface area contributed by atoms with Crippen LogP contribution in [0.2, 0.25) is 0 Å². The predicted molar refractivity (Wildman–Crippen MR) is 119 cm³/mol. The maximum atomic E-state index is 12.3. The summed E-state index contributed by atoms with van der Waals surface area (Å²) < 4.78 is 6.00. The minimum Gasteiger partial charge on any atom is -0.481 e. The third kappa shape index (κ3) is 5.41. The highest BCUT2D eigenvalue weighted by Gasteiger charge is 2.27. The number of anilines is 1. The molecule has 0 unspecified atom stereocenters. The number of aliphatic carboxylic acids is 1. The van der Waals surface area contributed by atoms with Crippen molar-refractivity contribution in [2.24, 2.45) is 0 Å². The molecule has 0 aromatic heterocycles. The molecule has 2 aromatic rings. The van der Waals surface area contributed by atoms with Crippen molar-refractivity contribution in [3.8, 4) is 5.75 Å². The Hall–Kier alpha value is -2.20. The first-order chi connectivity index (χ1) is 13.4. The first kappa shape index (κ1) is 20.5. The van der Waals surface area contributed by atoms with E-state index in [2.05, 4.69) is 52.3 Å². The molecular formula is C20H19IN2O4S. The Labute approximate surface area is 180 Å². The maximum Gasteiger partial charge on any atom is 0.341 e. The summed E-state index contributed by atoms with van der Waals surface area (Å²) in [5.41, 5.74) is 2.83. The van der Waals surface area contributed by atoms with Crippen LogP contribution in [0.4, 0.5) is 5.69 Å². The summed E-state index contributed by atoms with van der Waals surface area (Å²) in [5.74, 6) is -0.651. The van der Waals surface area contributed by atoms with Crippen LogP contribution in [0, 0.1) is 3.57 Å². The minimum absolute atomic E-state index is 0.131. The van der Waals surface area contributed by atoms with Gasteiger partial charge in [-0.15, -0.1) is 0 Å². The zero-order valence-corrected chi connectivity index (χ0v) is 18.0. The number of carbonyl (C=O) groups excluding carboxylic acids is 1. The number of carboxylic acids is 1. The van der Waals surface area contributed by atoms with Crippen molar-refractivity contribution < 1.29 is 19.4 Å². The van der Waals surface area contributed by atoms with Gasteiger partial charge in [0.05, 0.1) is 8.48 Å². The van der Waals surface area contributed by atoms with Crippen molar-refractivity contribution >= 4 is 58.0 Å². The van der Waals surface area contributed by atoms with Gasteiger partial charge in [0.15, 0.2) is 12.1 Å². The van der Waals surface area contributed by atoms with Gasteiger partial charge < -0.3 is 20.5 Å². The Balaban J connectivity index is 1.66. The smallest absolute Gasteiger partial charge is 0.341 e. The summed E-state index contributed by atoms with van der Waals surface area (Å²) in [6.07, 6.45) is 2.80. The van der Waals surface area contributed by atoms with E-state index >= 15 is 0 Å². The zero-order chi connectivity index (χ0) is 20.1. The summed E-state index contributed by atoms with van der Waals surface area (Å²) >= 11 is 3.50. The molecule has 8 heteroatoms. The van der Waals surface area contributed by atoms with Crippen LogP contribution in [0.3, 0.4) is 0 Å². The Morgan fingerprint density at radius 3 is 2.71 bits per heavy atom. The largest absolute Gasteiger partial charge is 0.481 e. The third-order valence-corrected chi connectivity index (χ3v) is 5.87. The molecule has 1 aliphatic rings. The molecule has 0 saturated carbocycles. The van der Waals surface area contributed by atoms with E-state index in [4.69, 9.17) is 9.84 Å². The molecule has 6 nitrogen and oxygen atoms in total. The number of hydrogen-bond acceptors (Lipinski definition) is 5. The molecule has 1 fully saturated rings. The van der Waals surface area contributed by atoms with Crippen LogP contribution in [-0.2, 0) is 16.0 Å². The normalized spacial score (nSPS) is 17.4. The Morgan fingerprint density at radius 1 is 1.32 bits per heavy atom. The maximum absolute atomic E-state index is 12.3. The molecule has 28 heavy (non-hydrogen) atoms. The van der Waals surface area contributed by atoms with E-state index in [9.17, 15) is 9.59 Å². The van der Waals surface area contributed by atoms with Crippen molar-refractivity contribution in [1.29, 1.82) is 0 Å². The van der Waals surface area contributed by atoms with Gasteiger partial charge in [0.2, 0.25) is 0 Å². The van der Waals surface area contributed by atoms with Gasteiger partial charge in [-0.05, 0) is 70.5 Å².